The first-order valence-corrected chi connectivity index (χ1v) is 8.91. The Balaban J connectivity index is 1.64. The summed E-state index contributed by atoms with van der Waals surface area (Å²) in [6, 6.07) is 16.7. The van der Waals surface area contributed by atoms with E-state index in [-0.39, 0.29) is 0 Å². The Bertz CT molecular complexity index is 801. The summed E-state index contributed by atoms with van der Waals surface area (Å²) in [6.07, 6.45) is 3.92. The lowest BCUT2D eigenvalue weighted by Crippen LogP contribution is -2.35. The number of aromatic carboxylic acids is 1. The van der Waals surface area contributed by atoms with Crippen molar-refractivity contribution in [3.8, 4) is 0 Å². The summed E-state index contributed by atoms with van der Waals surface area (Å²) in [7, 11) is 0. The molecule has 1 heterocycles. The number of carboxylic acids is 1. The summed E-state index contributed by atoms with van der Waals surface area (Å²) in [5, 5.41) is 13.1. The van der Waals surface area contributed by atoms with Gasteiger partial charge in [-0.25, -0.2) is 4.79 Å². The van der Waals surface area contributed by atoms with E-state index in [2.05, 4.69) is 35.6 Å². The SMILES string of the molecule is O=C(O)c1ccc2c(c1)[C@H]1[C@@H]3CC[C@H](C3)[C@H]1[C@H](c1ccccc1)N2. The second kappa shape index (κ2) is 5.10. The summed E-state index contributed by atoms with van der Waals surface area (Å²) < 4.78 is 0. The zero-order valence-electron chi connectivity index (χ0n) is 13.5. The van der Waals surface area contributed by atoms with Crippen molar-refractivity contribution in [3.63, 3.8) is 0 Å². The molecule has 2 aromatic carbocycles. The van der Waals surface area contributed by atoms with E-state index < -0.39 is 5.97 Å². The molecule has 3 nitrogen and oxygen atoms in total. The lowest BCUT2D eigenvalue weighted by atomic mass is 9.68. The van der Waals surface area contributed by atoms with Gasteiger partial charge in [-0.3, -0.25) is 0 Å². The van der Waals surface area contributed by atoms with Gasteiger partial charge in [0.25, 0.3) is 0 Å². The van der Waals surface area contributed by atoms with E-state index >= 15 is 0 Å². The maximum absolute atomic E-state index is 11.4. The highest BCUT2D eigenvalue weighted by atomic mass is 16.4. The molecule has 5 atom stereocenters. The Morgan fingerprint density at radius 3 is 2.62 bits per heavy atom. The fraction of sp³-hybridized carbons (Fsp3) is 0.381. The third-order valence-corrected chi connectivity index (χ3v) is 6.49. The topological polar surface area (TPSA) is 49.3 Å². The van der Waals surface area contributed by atoms with Crippen LogP contribution >= 0.6 is 0 Å². The molecule has 2 fully saturated rings. The van der Waals surface area contributed by atoms with Crippen molar-refractivity contribution in [3.05, 3.63) is 65.2 Å². The molecule has 0 saturated heterocycles. The lowest BCUT2D eigenvalue weighted by molar-refractivity contribution is 0.0696. The van der Waals surface area contributed by atoms with Crippen molar-refractivity contribution in [2.24, 2.45) is 17.8 Å². The largest absolute Gasteiger partial charge is 0.478 e. The van der Waals surface area contributed by atoms with Crippen LogP contribution in [-0.2, 0) is 0 Å². The van der Waals surface area contributed by atoms with Crippen LogP contribution in [0, 0.1) is 17.8 Å². The second-order valence-electron chi connectivity index (χ2n) is 7.58. The predicted octanol–water partition coefficient (Wildman–Crippen LogP) is 4.68. The monoisotopic (exact) mass is 319 g/mol. The molecular weight excluding hydrogens is 298 g/mol. The fourth-order valence-corrected chi connectivity index (χ4v) is 5.61. The molecule has 2 N–H and O–H groups in total. The number of hydrogen-bond donors (Lipinski definition) is 2. The van der Waals surface area contributed by atoms with Crippen molar-refractivity contribution in [2.45, 2.75) is 31.2 Å². The number of nitrogens with one attached hydrogen (secondary N) is 1. The van der Waals surface area contributed by atoms with Gasteiger partial charge in [0.1, 0.15) is 0 Å². The van der Waals surface area contributed by atoms with Gasteiger partial charge in [-0.2, -0.15) is 0 Å². The molecule has 0 spiro atoms. The van der Waals surface area contributed by atoms with Gasteiger partial charge >= 0.3 is 5.97 Å². The minimum Gasteiger partial charge on any atom is -0.478 e. The van der Waals surface area contributed by atoms with Gasteiger partial charge in [-0.05, 0) is 72.3 Å². The molecule has 0 unspecified atom stereocenters. The van der Waals surface area contributed by atoms with Crippen LogP contribution in [0.2, 0.25) is 0 Å². The van der Waals surface area contributed by atoms with Gasteiger partial charge in [0.05, 0.1) is 11.6 Å². The number of anilines is 1. The summed E-state index contributed by atoms with van der Waals surface area (Å²) in [6.45, 7) is 0. The lowest BCUT2D eigenvalue weighted by Gasteiger charge is -2.43. The molecule has 122 valence electrons. The molecule has 0 aromatic heterocycles. The van der Waals surface area contributed by atoms with Crippen LogP contribution in [0.5, 0.6) is 0 Å². The highest BCUT2D eigenvalue weighted by molar-refractivity contribution is 5.88. The number of carboxylic acid groups (broad SMARTS) is 1. The van der Waals surface area contributed by atoms with E-state index in [1.807, 2.05) is 12.1 Å². The van der Waals surface area contributed by atoms with Crippen LogP contribution in [0.25, 0.3) is 0 Å². The fourth-order valence-electron chi connectivity index (χ4n) is 5.61. The first-order valence-electron chi connectivity index (χ1n) is 8.91. The molecule has 2 bridgehead atoms. The van der Waals surface area contributed by atoms with Gasteiger partial charge in [0.15, 0.2) is 0 Å². The maximum atomic E-state index is 11.4. The molecule has 2 saturated carbocycles. The average molecular weight is 319 g/mol. The second-order valence-corrected chi connectivity index (χ2v) is 7.58. The van der Waals surface area contributed by atoms with Crippen molar-refractivity contribution in [2.75, 3.05) is 5.32 Å². The predicted molar refractivity (Wildman–Crippen MR) is 93.3 cm³/mol. The molecule has 3 heteroatoms. The molecule has 0 radical (unpaired) electrons. The first-order chi connectivity index (χ1) is 11.7. The minimum absolute atomic E-state index is 0.342. The first kappa shape index (κ1) is 14.1. The van der Waals surface area contributed by atoms with Gasteiger partial charge in [-0.15, -0.1) is 0 Å². The number of hydrogen-bond acceptors (Lipinski definition) is 2. The highest BCUT2D eigenvalue weighted by Gasteiger charge is 2.53. The number of rotatable bonds is 2. The Morgan fingerprint density at radius 2 is 1.83 bits per heavy atom. The molecule has 24 heavy (non-hydrogen) atoms. The van der Waals surface area contributed by atoms with E-state index in [1.54, 1.807) is 6.07 Å². The number of carbonyl (C=O) groups is 1. The Labute approximate surface area is 141 Å². The van der Waals surface area contributed by atoms with Crippen molar-refractivity contribution < 1.29 is 9.90 Å². The Hall–Kier alpha value is -2.29. The van der Waals surface area contributed by atoms with Gasteiger partial charge in [-0.1, -0.05) is 30.3 Å². The van der Waals surface area contributed by atoms with E-state index in [4.69, 9.17) is 0 Å². The van der Waals surface area contributed by atoms with Crippen LogP contribution in [-0.4, -0.2) is 11.1 Å². The van der Waals surface area contributed by atoms with Crippen molar-refractivity contribution in [1.82, 2.24) is 0 Å². The average Bonchev–Trinajstić information content (AvgIpc) is 3.23. The Morgan fingerprint density at radius 1 is 1.04 bits per heavy atom. The van der Waals surface area contributed by atoms with E-state index in [0.717, 1.165) is 17.5 Å². The maximum Gasteiger partial charge on any atom is 0.335 e. The van der Waals surface area contributed by atoms with Crippen LogP contribution in [0.1, 0.15) is 52.7 Å². The molecule has 0 amide bonds. The van der Waals surface area contributed by atoms with E-state index in [1.165, 1.54) is 30.4 Å². The van der Waals surface area contributed by atoms with Crippen LogP contribution in [0.3, 0.4) is 0 Å². The third kappa shape index (κ3) is 1.94. The summed E-state index contributed by atoms with van der Waals surface area (Å²) >= 11 is 0. The van der Waals surface area contributed by atoms with E-state index in [9.17, 15) is 9.90 Å². The summed E-state index contributed by atoms with van der Waals surface area (Å²) in [5.41, 5.74) is 4.13. The van der Waals surface area contributed by atoms with Crippen LogP contribution < -0.4 is 5.32 Å². The zero-order valence-corrected chi connectivity index (χ0v) is 13.5. The van der Waals surface area contributed by atoms with Gasteiger partial charge in [0, 0.05) is 5.69 Å². The van der Waals surface area contributed by atoms with Gasteiger partial charge < -0.3 is 10.4 Å². The highest BCUT2D eigenvalue weighted by Crippen LogP contribution is 2.63. The molecule has 2 aliphatic carbocycles. The zero-order chi connectivity index (χ0) is 16.3. The summed E-state index contributed by atoms with van der Waals surface area (Å²) in [4.78, 5) is 11.4. The number of fused-ring (bicyclic) bond motifs is 7. The summed E-state index contributed by atoms with van der Waals surface area (Å²) in [5.74, 6) is 1.74. The minimum atomic E-state index is -0.831. The standard InChI is InChI=1S/C21H21NO2/c23-21(24)15-8-9-17-16(11-15)18-13-6-7-14(10-13)19(18)20(22-17)12-4-2-1-3-5-12/h1-5,8-9,11,13-14,18-20,22H,6-7,10H2,(H,23,24)/t13-,14-,18-,19-,20+/m1/s1. The van der Waals surface area contributed by atoms with Crippen molar-refractivity contribution >= 4 is 11.7 Å². The van der Waals surface area contributed by atoms with Crippen LogP contribution in [0.4, 0.5) is 5.69 Å². The van der Waals surface area contributed by atoms with Crippen molar-refractivity contribution in [1.29, 1.82) is 0 Å². The van der Waals surface area contributed by atoms with E-state index in [0.29, 0.717) is 23.4 Å². The number of benzene rings is 2. The quantitative estimate of drug-likeness (QED) is 0.845. The molecule has 3 aliphatic rings. The molecule has 5 rings (SSSR count). The third-order valence-electron chi connectivity index (χ3n) is 6.49. The normalized spacial score (nSPS) is 32.8. The van der Waals surface area contributed by atoms with Gasteiger partial charge in [0.2, 0.25) is 0 Å². The molecule has 1 aliphatic heterocycles. The molecule has 2 aromatic rings. The smallest absolute Gasteiger partial charge is 0.335 e. The molecular formula is C21H21NO2. The Kier molecular flexibility index (Phi) is 2.99. The van der Waals surface area contributed by atoms with Crippen LogP contribution in [0.15, 0.2) is 48.5 Å².